The Balaban J connectivity index is 1.78. The summed E-state index contributed by atoms with van der Waals surface area (Å²) in [4.78, 5) is 23.8. The molecule has 30 heavy (non-hydrogen) atoms. The van der Waals surface area contributed by atoms with Crippen LogP contribution in [0, 0.1) is 11.7 Å². The Bertz CT molecular complexity index is 1070. The van der Waals surface area contributed by atoms with Crippen LogP contribution in [0.3, 0.4) is 0 Å². The van der Waals surface area contributed by atoms with Gasteiger partial charge in [0.25, 0.3) is 5.91 Å². The van der Waals surface area contributed by atoms with Crippen molar-refractivity contribution in [3.63, 3.8) is 0 Å². The van der Waals surface area contributed by atoms with E-state index in [4.69, 9.17) is 14.5 Å². The van der Waals surface area contributed by atoms with Gasteiger partial charge < -0.3 is 9.47 Å². The highest BCUT2D eigenvalue weighted by atomic mass is 32.2. The minimum absolute atomic E-state index is 0.0420. The molecule has 0 unspecified atom stereocenters. The van der Waals surface area contributed by atoms with Crippen LogP contribution in [0.4, 0.5) is 10.1 Å². The molecule has 2 aromatic carbocycles. The molecule has 0 aromatic heterocycles. The summed E-state index contributed by atoms with van der Waals surface area (Å²) in [6, 6.07) is 9.62. The molecule has 2 aromatic rings. The lowest BCUT2D eigenvalue weighted by atomic mass is 10.0. The molecule has 0 saturated carbocycles. The Morgan fingerprint density at radius 2 is 1.87 bits per heavy atom. The first-order chi connectivity index (χ1) is 14.4. The number of ether oxygens (including phenoxy) is 2. The predicted molar refractivity (Wildman–Crippen MR) is 116 cm³/mol. The van der Waals surface area contributed by atoms with Gasteiger partial charge in [0.2, 0.25) is 0 Å². The smallest absolute Gasteiger partial charge is 0.271 e. The van der Waals surface area contributed by atoms with Crippen molar-refractivity contribution in [2.75, 3.05) is 14.2 Å². The molecule has 2 aliphatic rings. The quantitative estimate of drug-likeness (QED) is 0.708. The maximum absolute atomic E-state index is 13.6. The van der Waals surface area contributed by atoms with Gasteiger partial charge in [0.1, 0.15) is 17.7 Å². The molecule has 4 rings (SSSR count). The molecule has 0 bridgehead atoms. The number of fused-ring (bicyclic) bond motifs is 3. The highest BCUT2D eigenvalue weighted by Gasteiger charge is 2.43. The summed E-state index contributed by atoms with van der Waals surface area (Å²) in [6.07, 6.45) is 0. The van der Waals surface area contributed by atoms with Crippen molar-refractivity contribution in [2.24, 2.45) is 15.9 Å². The largest absolute Gasteiger partial charge is 0.493 e. The topological polar surface area (TPSA) is 63.5 Å². The lowest BCUT2D eigenvalue weighted by molar-refractivity contribution is -0.120. The second-order valence-corrected chi connectivity index (χ2v) is 8.31. The minimum atomic E-state index is -0.431. The van der Waals surface area contributed by atoms with Gasteiger partial charge >= 0.3 is 0 Å². The summed E-state index contributed by atoms with van der Waals surface area (Å²) in [5, 5.41) is 0.655. The first kappa shape index (κ1) is 20.4. The molecular weight excluding hydrogens is 405 g/mol. The number of thioether (sulfide) groups is 1. The van der Waals surface area contributed by atoms with E-state index in [1.165, 1.54) is 23.9 Å². The van der Waals surface area contributed by atoms with E-state index < -0.39 is 6.04 Å². The molecule has 2 aliphatic heterocycles. The third kappa shape index (κ3) is 3.56. The molecule has 0 fully saturated rings. The zero-order chi connectivity index (χ0) is 21.4. The number of amidine groups is 2. The van der Waals surface area contributed by atoms with Crippen LogP contribution in [0.15, 0.2) is 46.4 Å². The zero-order valence-electron chi connectivity index (χ0n) is 17.2. The third-order valence-corrected chi connectivity index (χ3v) is 6.05. The van der Waals surface area contributed by atoms with E-state index in [9.17, 15) is 9.18 Å². The molecule has 0 radical (unpaired) electrons. The van der Waals surface area contributed by atoms with Crippen LogP contribution in [0.1, 0.15) is 25.0 Å². The molecule has 156 valence electrons. The van der Waals surface area contributed by atoms with Crippen molar-refractivity contribution in [3.05, 3.63) is 53.3 Å². The summed E-state index contributed by atoms with van der Waals surface area (Å²) < 4.78 is 24.4. The van der Waals surface area contributed by atoms with Crippen LogP contribution in [-0.2, 0) is 10.5 Å². The zero-order valence-corrected chi connectivity index (χ0v) is 18.0. The van der Waals surface area contributed by atoms with Gasteiger partial charge in [0.15, 0.2) is 16.7 Å². The van der Waals surface area contributed by atoms with Crippen LogP contribution in [0.25, 0.3) is 0 Å². The number of hydrogen-bond donors (Lipinski definition) is 0. The van der Waals surface area contributed by atoms with Gasteiger partial charge in [-0.1, -0.05) is 37.7 Å². The number of rotatable bonds is 5. The number of methoxy groups -OCH3 is 2. The van der Waals surface area contributed by atoms with Crippen molar-refractivity contribution < 1.29 is 18.7 Å². The monoisotopic (exact) mass is 427 g/mol. The number of benzene rings is 2. The van der Waals surface area contributed by atoms with Crippen LogP contribution in [-0.4, -0.2) is 42.1 Å². The Hall–Kier alpha value is -2.87. The lowest BCUT2D eigenvalue weighted by Crippen LogP contribution is -2.46. The highest BCUT2D eigenvalue weighted by molar-refractivity contribution is 8.13. The Labute approximate surface area is 178 Å². The van der Waals surface area contributed by atoms with Crippen molar-refractivity contribution in [1.82, 2.24) is 4.90 Å². The molecule has 1 atom stereocenters. The summed E-state index contributed by atoms with van der Waals surface area (Å²) in [6.45, 7) is 3.97. The SMILES string of the molecule is COc1cc2c(cc1OC)C1=NC(=O)[C@@H](C(C)C)N1C(SCc1cccc(F)c1)=N2. The van der Waals surface area contributed by atoms with Crippen molar-refractivity contribution in [2.45, 2.75) is 25.6 Å². The van der Waals surface area contributed by atoms with E-state index in [-0.39, 0.29) is 17.6 Å². The maximum Gasteiger partial charge on any atom is 0.271 e. The number of carbonyl (C=O) groups excluding carboxylic acids is 1. The van der Waals surface area contributed by atoms with Crippen LogP contribution >= 0.6 is 11.8 Å². The molecule has 0 spiro atoms. The fourth-order valence-electron chi connectivity index (χ4n) is 3.62. The average molecular weight is 428 g/mol. The number of carbonyl (C=O) groups is 1. The average Bonchev–Trinajstić information content (AvgIpc) is 3.08. The van der Waals surface area contributed by atoms with Crippen molar-refractivity contribution in [3.8, 4) is 11.5 Å². The van der Waals surface area contributed by atoms with Crippen LogP contribution < -0.4 is 9.47 Å². The Kier molecular flexibility index (Phi) is 5.51. The number of hydrogen-bond acceptors (Lipinski definition) is 6. The predicted octanol–water partition coefficient (Wildman–Crippen LogP) is 4.39. The molecular formula is C22H22FN3O3S. The summed E-state index contributed by atoms with van der Waals surface area (Å²) in [7, 11) is 3.13. The molecule has 0 saturated heterocycles. The summed E-state index contributed by atoms with van der Waals surface area (Å²) in [5.41, 5.74) is 2.21. The number of nitrogens with zero attached hydrogens (tertiary/aromatic N) is 3. The first-order valence-electron chi connectivity index (χ1n) is 9.57. The van der Waals surface area contributed by atoms with Gasteiger partial charge in [-0.05, 0) is 29.7 Å². The Morgan fingerprint density at radius 1 is 1.13 bits per heavy atom. The van der Waals surface area contributed by atoms with E-state index in [1.807, 2.05) is 24.8 Å². The van der Waals surface area contributed by atoms with Gasteiger partial charge in [-0.3, -0.25) is 9.69 Å². The molecule has 0 N–H and O–H groups in total. The van der Waals surface area contributed by atoms with Gasteiger partial charge in [0.05, 0.1) is 19.9 Å². The van der Waals surface area contributed by atoms with E-state index in [0.29, 0.717) is 33.9 Å². The van der Waals surface area contributed by atoms with E-state index in [0.717, 1.165) is 11.1 Å². The molecule has 2 heterocycles. The summed E-state index contributed by atoms with van der Waals surface area (Å²) >= 11 is 1.45. The third-order valence-electron chi connectivity index (χ3n) is 5.03. The highest BCUT2D eigenvalue weighted by Crippen LogP contribution is 2.42. The second kappa shape index (κ2) is 8.10. The lowest BCUT2D eigenvalue weighted by Gasteiger charge is -2.33. The van der Waals surface area contributed by atoms with Crippen molar-refractivity contribution in [1.29, 1.82) is 0 Å². The van der Waals surface area contributed by atoms with Gasteiger partial charge in [0, 0.05) is 17.4 Å². The summed E-state index contributed by atoms with van der Waals surface area (Å²) in [5.74, 6) is 1.74. The van der Waals surface area contributed by atoms with E-state index in [2.05, 4.69) is 4.99 Å². The standard InChI is InChI=1S/C22H22FN3O3S/c1-12(2)19-21(27)25-20-15-9-17(28-3)18(29-4)10-16(15)24-22(26(19)20)30-11-13-6-5-7-14(23)8-13/h5-10,12,19H,11H2,1-4H3/t19-/m1/s1. The van der Waals surface area contributed by atoms with Crippen LogP contribution in [0.5, 0.6) is 11.5 Å². The molecule has 0 aliphatic carbocycles. The fraction of sp³-hybridized carbons (Fsp3) is 0.318. The second-order valence-electron chi connectivity index (χ2n) is 7.37. The molecule has 1 amide bonds. The van der Waals surface area contributed by atoms with E-state index >= 15 is 0 Å². The number of amides is 1. The Morgan fingerprint density at radius 3 is 2.53 bits per heavy atom. The number of aliphatic imine (C=N–C) groups is 2. The van der Waals surface area contributed by atoms with Crippen molar-refractivity contribution >= 4 is 34.4 Å². The normalized spacial score (nSPS) is 17.5. The van der Waals surface area contributed by atoms with Gasteiger partial charge in [-0.15, -0.1) is 0 Å². The van der Waals surface area contributed by atoms with Gasteiger partial charge in [-0.2, -0.15) is 4.99 Å². The maximum atomic E-state index is 13.6. The van der Waals surface area contributed by atoms with Crippen LogP contribution in [0.2, 0.25) is 0 Å². The number of halogens is 1. The van der Waals surface area contributed by atoms with Gasteiger partial charge in [-0.25, -0.2) is 9.38 Å². The van der Waals surface area contributed by atoms with E-state index in [1.54, 1.807) is 32.4 Å². The molecule has 6 nitrogen and oxygen atoms in total. The molecule has 8 heteroatoms. The fourth-order valence-corrected chi connectivity index (χ4v) is 4.60. The first-order valence-corrected chi connectivity index (χ1v) is 10.6. The minimum Gasteiger partial charge on any atom is -0.493 e.